The molecule has 112 valence electrons. The van der Waals surface area contributed by atoms with Gasteiger partial charge in [0.2, 0.25) is 10.0 Å². The third-order valence-electron chi connectivity index (χ3n) is 3.78. The third kappa shape index (κ3) is 3.13. The Morgan fingerprint density at radius 1 is 1.25 bits per heavy atom. The number of anilines is 1. The van der Waals surface area contributed by atoms with E-state index in [4.69, 9.17) is 0 Å². The van der Waals surface area contributed by atoms with Crippen LogP contribution in [-0.2, 0) is 10.0 Å². The van der Waals surface area contributed by atoms with Gasteiger partial charge in [0, 0.05) is 38.9 Å². The first kappa shape index (κ1) is 15.3. The van der Waals surface area contributed by atoms with Crippen molar-refractivity contribution in [2.75, 3.05) is 39.1 Å². The molecule has 1 saturated heterocycles. The lowest BCUT2D eigenvalue weighted by Gasteiger charge is -2.31. The van der Waals surface area contributed by atoms with Crippen molar-refractivity contribution in [2.45, 2.75) is 23.8 Å². The molecule has 1 heterocycles. The van der Waals surface area contributed by atoms with Gasteiger partial charge in [-0.15, -0.1) is 0 Å². The lowest BCUT2D eigenvalue weighted by Crippen LogP contribution is -2.46. The molecule has 0 spiro atoms. The average molecular weight is 297 g/mol. The number of nitrogens with one attached hydrogen (secondary N) is 1. The molecule has 1 unspecified atom stereocenters. The number of hydrogen-bond donors (Lipinski definition) is 1. The zero-order chi connectivity index (χ0) is 14.8. The second-order valence-corrected chi connectivity index (χ2v) is 7.32. The molecule has 0 saturated carbocycles. The van der Waals surface area contributed by atoms with Crippen molar-refractivity contribution in [1.29, 1.82) is 0 Å². The molecule has 20 heavy (non-hydrogen) atoms. The van der Waals surface area contributed by atoms with Crippen LogP contribution in [0.4, 0.5) is 5.69 Å². The van der Waals surface area contributed by atoms with Gasteiger partial charge in [0.25, 0.3) is 0 Å². The van der Waals surface area contributed by atoms with E-state index < -0.39 is 10.0 Å². The smallest absolute Gasteiger partial charge is 0.243 e. The molecule has 2 rings (SSSR count). The Bertz CT molecular complexity index is 540. The van der Waals surface area contributed by atoms with Gasteiger partial charge in [-0.2, -0.15) is 4.31 Å². The zero-order valence-corrected chi connectivity index (χ0v) is 13.2. The van der Waals surface area contributed by atoms with Crippen molar-refractivity contribution in [1.82, 2.24) is 9.62 Å². The maximum Gasteiger partial charge on any atom is 0.243 e. The van der Waals surface area contributed by atoms with Crippen LogP contribution in [0.5, 0.6) is 0 Å². The fourth-order valence-corrected chi connectivity index (χ4v) is 3.99. The Morgan fingerprint density at radius 3 is 2.45 bits per heavy atom. The minimum atomic E-state index is -3.37. The standard InChI is InChI=1S/C14H23N3O2S/c1-15-12-5-4-10-17(11-12)20(18,19)14-8-6-13(7-9-14)16(2)3/h6-9,12,15H,4-5,10-11H2,1-3H3. The third-order valence-corrected chi connectivity index (χ3v) is 5.66. The van der Waals surface area contributed by atoms with Crippen molar-refractivity contribution in [3.63, 3.8) is 0 Å². The van der Waals surface area contributed by atoms with E-state index in [1.807, 2.05) is 38.2 Å². The number of rotatable bonds is 4. The first-order valence-corrected chi connectivity index (χ1v) is 8.34. The van der Waals surface area contributed by atoms with Crippen LogP contribution in [0.15, 0.2) is 29.2 Å². The summed E-state index contributed by atoms with van der Waals surface area (Å²) in [6, 6.07) is 7.31. The van der Waals surface area contributed by atoms with E-state index >= 15 is 0 Å². The molecule has 1 aromatic carbocycles. The van der Waals surface area contributed by atoms with E-state index in [1.165, 1.54) is 0 Å². The minimum Gasteiger partial charge on any atom is -0.378 e. The minimum absolute atomic E-state index is 0.250. The van der Waals surface area contributed by atoms with Crippen LogP contribution in [-0.4, -0.2) is 53.0 Å². The lowest BCUT2D eigenvalue weighted by atomic mass is 10.1. The van der Waals surface area contributed by atoms with Gasteiger partial charge in [-0.3, -0.25) is 0 Å². The molecular weight excluding hydrogens is 274 g/mol. The zero-order valence-electron chi connectivity index (χ0n) is 12.3. The second-order valence-electron chi connectivity index (χ2n) is 5.38. The highest BCUT2D eigenvalue weighted by molar-refractivity contribution is 7.89. The summed E-state index contributed by atoms with van der Waals surface area (Å²) in [5.74, 6) is 0. The Labute approximate surface area is 121 Å². The summed E-state index contributed by atoms with van der Waals surface area (Å²) in [5, 5.41) is 3.17. The van der Waals surface area contributed by atoms with Gasteiger partial charge in [-0.1, -0.05) is 0 Å². The van der Waals surface area contributed by atoms with Gasteiger partial charge < -0.3 is 10.2 Å². The molecule has 1 aliphatic heterocycles. The largest absolute Gasteiger partial charge is 0.378 e. The number of nitrogens with zero attached hydrogens (tertiary/aromatic N) is 2. The summed E-state index contributed by atoms with van der Waals surface area (Å²) < 4.78 is 26.8. The molecule has 1 N–H and O–H groups in total. The van der Waals surface area contributed by atoms with E-state index in [1.54, 1.807) is 16.4 Å². The van der Waals surface area contributed by atoms with Crippen molar-refractivity contribution in [3.05, 3.63) is 24.3 Å². The Balaban J connectivity index is 2.21. The quantitative estimate of drug-likeness (QED) is 0.905. The van der Waals surface area contributed by atoms with Crippen molar-refractivity contribution in [2.24, 2.45) is 0 Å². The van der Waals surface area contributed by atoms with Gasteiger partial charge in [0.15, 0.2) is 0 Å². The molecular formula is C14H23N3O2S. The maximum atomic E-state index is 12.6. The Morgan fingerprint density at radius 2 is 1.90 bits per heavy atom. The average Bonchev–Trinajstić information content (AvgIpc) is 2.47. The molecule has 0 radical (unpaired) electrons. The van der Waals surface area contributed by atoms with Crippen LogP contribution in [0, 0.1) is 0 Å². The van der Waals surface area contributed by atoms with E-state index in [9.17, 15) is 8.42 Å². The molecule has 5 nitrogen and oxygen atoms in total. The van der Waals surface area contributed by atoms with Gasteiger partial charge >= 0.3 is 0 Å². The number of hydrogen-bond acceptors (Lipinski definition) is 4. The monoisotopic (exact) mass is 297 g/mol. The first-order valence-electron chi connectivity index (χ1n) is 6.90. The normalized spacial score (nSPS) is 20.9. The summed E-state index contributed by atoms with van der Waals surface area (Å²) in [4.78, 5) is 2.33. The van der Waals surface area contributed by atoms with Crippen LogP contribution in [0.1, 0.15) is 12.8 Å². The van der Waals surface area contributed by atoms with Crippen molar-refractivity contribution in [3.8, 4) is 0 Å². The molecule has 0 aliphatic carbocycles. The summed E-state index contributed by atoms with van der Waals surface area (Å²) in [6.07, 6.45) is 1.93. The molecule has 6 heteroatoms. The molecule has 1 aromatic rings. The van der Waals surface area contributed by atoms with Crippen molar-refractivity contribution < 1.29 is 8.42 Å². The van der Waals surface area contributed by atoms with E-state index in [2.05, 4.69) is 5.32 Å². The predicted octanol–water partition coefficient (Wildman–Crippen LogP) is 1.13. The van der Waals surface area contributed by atoms with Gasteiger partial charge in [0.1, 0.15) is 0 Å². The van der Waals surface area contributed by atoms with Crippen molar-refractivity contribution >= 4 is 15.7 Å². The maximum absolute atomic E-state index is 12.6. The van der Waals surface area contributed by atoms with Gasteiger partial charge in [-0.25, -0.2) is 8.42 Å². The van der Waals surface area contributed by atoms with Crippen LogP contribution < -0.4 is 10.2 Å². The highest BCUT2D eigenvalue weighted by Gasteiger charge is 2.29. The predicted molar refractivity (Wildman–Crippen MR) is 81.6 cm³/mol. The Hall–Kier alpha value is -1.11. The highest BCUT2D eigenvalue weighted by Crippen LogP contribution is 2.22. The summed E-state index contributed by atoms with van der Waals surface area (Å²) in [5.41, 5.74) is 0.996. The highest BCUT2D eigenvalue weighted by atomic mass is 32.2. The molecule has 0 aromatic heterocycles. The SMILES string of the molecule is CNC1CCCN(S(=O)(=O)c2ccc(N(C)C)cc2)C1. The fraction of sp³-hybridized carbons (Fsp3) is 0.571. The van der Waals surface area contributed by atoms with Gasteiger partial charge in [0.05, 0.1) is 4.90 Å². The molecule has 0 bridgehead atoms. The molecule has 1 atom stereocenters. The van der Waals surface area contributed by atoms with E-state index in [0.29, 0.717) is 18.0 Å². The molecule has 0 amide bonds. The number of benzene rings is 1. The molecule has 1 fully saturated rings. The van der Waals surface area contributed by atoms with E-state index in [-0.39, 0.29) is 6.04 Å². The van der Waals surface area contributed by atoms with Gasteiger partial charge in [-0.05, 0) is 44.2 Å². The summed E-state index contributed by atoms with van der Waals surface area (Å²) in [7, 11) is 2.38. The summed E-state index contributed by atoms with van der Waals surface area (Å²) >= 11 is 0. The number of sulfonamides is 1. The number of piperidine rings is 1. The molecule has 1 aliphatic rings. The Kier molecular flexibility index (Phi) is 4.67. The number of likely N-dealkylation sites (N-methyl/N-ethyl adjacent to an activating group) is 1. The second kappa shape index (κ2) is 6.11. The lowest BCUT2D eigenvalue weighted by molar-refractivity contribution is 0.293. The van der Waals surface area contributed by atoms with Crippen LogP contribution in [0.25, 0.3) is 0 Å². The first-order chi connectivity index (χ1) is 9.45. The topological polar surface area (TPSA) is 52.7 Å². The van der Waals surface area contributed by atoms with Crippen LogP contribution >= 0.6 is 0 Å². The van der Waals surface area contributed by atoms with E-state index in [0.717, 1.165) is 18.5 Å². The van der Waals surface area contributed by atoms with Crippen LogP contribution in [0.2, 0.25) is 0 Å². The fourth-order valence-electron chi connectivity index (χ4n) is 2.46. The van der Waals surface area contributed by atoms with Crippen LogP contribution in [0.3, 0.4) is 0 Å². The summed E-state index contributed by atoms with van der Waals surface area (Å²) in [6.45, 7) is 1.16.